The van der Waals surface area contributed by atoms with Crippen molar-refractivity contribution in [1.29, 1.82) is 0 Å². The Labute approximate surface area is 182 Å². The number of benzene rings is 2. The summed E-state index contributed by atoms with van der Waals surface area (Å²) in [6, 6.07) is 16.7. The third-order valence-electron chi connectivity index (χ3n) is 3.64. The van der Waals surface area contributed by atoms with Crippen molar-refractivity contribution in [3.8, 4) is 5.75 Å². The lowest BCUT2D eigenvalue weighted by molar-refractivity contribution is -0.114. The van der Waals surface area contributed by atoms with Crippen LogP contribution in [0.3, 0.4) is 0 Å². The molecule has 0 saturated carbocycles. The van der Waals surface area contributed by atoms with Gasteiger partial charge in [0.2, 0.25) is 16.9 Å². The van der Waals surface area contributed by atoms with Crippen LogP contribution in [0.5, 0.6) is 5.75 Å². The summed E-state index contributed by atoms with van der Waals surface area (Å²) < 4.78 is 5.97. The first kappa shape index (κ1) is 21.5. The Morgan fingerprint density at radius 3 is 2.57 bits per heavy atom. The van der Waals surface area contributed by atoms with Gasteiger partial charge in [-0.3, -0.25) is 14.9 Å². The smallest absolute Gasteiger partial charge is 0.250 e. The second-order valence-electron chi connectivity index (χ2n) is 5.90. The molecule has 0 spiro atoms. The molecule has 0 aliphatic heterocycles. The standard InChI is InChI=1S/C21H20N4O3S2/c1-2-28-17-11-9-16(10-12-17)22-19(27)14-29-21-25-24-20(30-21)23-18(26)13-8-15-6-4-3-5-7-15/h3-13H,2,14H2,1H3,(H,22,27)(H,23,24,26). The Balaban J connectivity index is 1.44. The molecule has 2 aromatic carbocycles. The highest BCUT2D eigenvalue weighted by atomic mass is 32.2. The molecule has 30 heavy (non-hydrogen) atoms. The second kappa shape index (κ2) is 11.1. The fraction of sp³-hybridized carbons (Fsp3) is 0.143. The molecule has 2 amide bonds. The van der Waals surface area contributed by atoms with Crippen LogP contribution in [-0.2, 0) is 9.59 Å². The van der Waals surface area contributed by atoms with E-state index in [0.29, 0.717) is 21.8 Å². The van der Waals surface area contributed by atoms with Gasteiger partial charge in [-0.15, -0.1) is 10.2 Å². The predicted molar refractivity (Wildman–Crippen MR) is 121 cm³/mol. The number of ether oxygens (including phenoxy) is 1. The van der Waals surface area contributed by atoms with E-state index in [0.717, 1.165) is 11.3 Å². The van der Waals surface area contributed by atoms with Crippen molar-refractivity contribution >= 4 is 51.8 Å². The van der Waals surface area contributed by atoms with Crippen molar-refractivity contribution in [2.75, 3.05) is 23.0 Å². The van der Waals surface area contributed by atoms with Gasteiger partial charge >= 0.3 is 0 Å². The number of thioether (sulfide) groups is 1. The minimum Gasteiger partial charge on any atom is -0.494 e. The zero-order valence-electron chi connectivity index (χ0n) is 16.2. The first-order chi connectivity index (χ1) is 14.6. The van der Waals surface area contributed by atoms with Gasteiger partial charge in [0.25, 0.3) is 0 Å². The van der Waals surface area contributed by atoms with Crippen molar-refractivity contribution in [3.63, 3.8) is 0 Å². The highest BCUT2D eigenvalue weighted by Gasteiger charge is 2.10. The van der Waals surface area contributed by atoms with Crippen molar-refractivity contribution in [2.45, 2.75) is 11.3 Å². The average Bonchev–Trinajstić information content (AvgIpc) is 3.20. The van der Waals surface area contributed by atoms with Gasteiger partial charge in [0, 0.05) is 11.8 Å². The third-order valence-corrected chi connectivity index (χ3v) is 5.61. The Morgan fingerprint density at radius 1 is 1.07 bits per heavy atom. The highest BCUT2D eigenvalue weighted by molar-refractivity contribution is 8.01. The van der Waals surface area contributed by atoms with Crippen LogP contribution in [-0.4, -0.2) is 34.4 Å². The van der Waals surface area contributed by atoms with E-state index >= 15 is 0 Å². The molecule has 3 aromatic rings. The molecule has 3 rings (SSSR count). The van der Waals surface area contributed by atoms with Crippen LogP contribution in [0.25, 0.3) is 6.08 Å². The SMILES string of the molecule is CCOc1ccc(NC(=O)CSc2nnc(NC(=O)C=Cc3ccccc3)s2)cc1. The molecule has 0 aliphatic rings. The molecular weight excluding hydrogens is 420 g/mol. The number of rotatable bonds is 9. The Morgan fingerprint density at radius 2 is 1.83 bits per heavy atom. The van der Waals surface area contributed by atoms with E-state index < -0.39 is 0 Å². The summed E-state index contributed by atoms with van der Waals surface area (Å²) in [5.41, 5.74) is 1.62. The van der Waals surface area contributed by atoms with Crippen molar-refractivity contribution < 1.29 is 14.3 Å². The number of aromatic nitrogens is 2. The molecule has 9 heteroatoms. The molecule has 1 aromatic heterocycles. The fourth-order valence-corrected chi connectivity index (χ4v) is 3.88. The lowest BCUT2D eigenvalue weighted by Crippen LogP contribution is -2.13. The van der Waals surface area contributed by atoms with E-state index in [2.05, 4.69) is 20.8 Å². The predicted octanol–water partition coefficient (Wildman–Crippen LogP) is 4.32. The van der Waals surface area contributed by atoms with E-state index in [1.165, 1.54) is 29.2 Å². The van der Waals surface area contributed by atoms with E-state index in [1.54, 1.807) is 30.3 Å². The quantitative estimate of drug-likeness (QED) is 0.292. The monoisotopic (exact) mass is 440 g/mol. The average molecular weight is 441 g/mol. The molecule has 0 fully saturated rings. The van der Waals surface area contributed by atoms with Crippen LogP contribution in [0.15, 0.2) is 65.0 Å². The molecule has 0 atom stereocenters. The summed E-state index contributed by atoms with van der Waals surface area (Å²) in [5.74, 6) is 0.492. The van der Waals surface area contributed by atoms with Crippen molar-refractivity contribution in [2.24, 2.45) is 0 Å². The molecule has 154 valence electrons. The molecule has 7 nitrogen and oxygen atoms in total. The number of carbonyl (C=O) groups is 2. The van der Waals surface area contributed by atoms with E-state index in [1.807, 2.05) is 37.3 Å². The molecule has 1 heterocycles. The molecule has 0 aliphatic carbocycles. The fourth-order valence-electron chi connectivity index (χ4n) is 2.33. The second-order valence-corrected chi connectivity index (χ2v) is 8.10. The van der Waals surface area contributed by atoms with Gasteiger partial charge in [-0.1, -0.05) is 53.4 Å². The van der Waals surface area contributed by atoms with Crippen LogP contribution in [0.2, 0.25) is 0 Å². The zero-order valence-corrected chi connectivity index (χ0v) is 17.8. The zero-order chi connectivity index (χ0) is 21.2. The Kier molecular flexibility index (Phi) is 7.99. The largest absolute Gasteiger partial charge is 0.494 e. The summed E-state index contributed by atoms with van der Waals surface area (Å²) in [6.45, 7) is 2.51. The summed E-state index contributed by atoms with van der Waals surface area (Å²) in [4.78, 5) is 24.1. The Bertz CT molecular complexity index is 1000. The maximum atomic E-state index is 12.1. The van der Waals surface area contributed by atoms with Crippen LogP contribution in [0.4, 0.5) is 10.8 Å². The van der Waals surface area contributed by atoms with Crippen LogP contribution in [0.1, 0.15) is 12.5 Å². The summed E-state index contributed by atoms with van der Waals surface area (Å²) in [6.07, 6.45) is 3.16. The van der Waals surface area contributed by atoms with Gasteiger partial charge in [-0.25, -0.2) is 0 Å². The molecule has 0 radical (unpaired) electrons. The highest BCUT2D eigenvalue weighted by Crippen LogP contribution is 2.25. The first-order valence-corrected chi connectivity index (χ1v) is 11.0. The number of hydrogen-bond donors (Lipinski definition) is 2. The van der Waals surface area contributed by atoms with Crippen LogP contribution >= 0.6 is 23.1 Å². The van der Waals surface area contributed by atoms with Crippen LogP contribution < -0.4 is 15.4 Å². The summed E-state index contributed by atoms with van der Waals surface area (Å²) in [5, 5.41) is 13.8. The maximum absolute atomic E-state index is 12.1. The normalized spacial score (nSPS) is 10.7. The minimum absolute atomic E-state index is 0.157. The van der Waals surface area contributed by atoms with Gasteiger partial charge in [0.05, 0.1) is 12.4 Å². The number of anilines is 2. The molecular formula is C21H20N4O3S2. The lowest BCUT2D eigenvalue weighted by Gasteiger charge is -2.06. The van der Waals surface area contributed by atoms with E-state index in [-0.39, 0.29) is 17.6 Å². The maximum Gasteiger partial charge on any atom is 0.250 e. The number of hydrogen-bond acceptors (Lipinski definition) is 7. The van der Waals surface area contributed by atoms with Gasteiger partial charge in [-0.2, -0.15) is 0 Å². The number of carbonyl (C=O) groups excluding carboxylic acids is 2. The van der Waals surface area contributed by atoms with Gasteiger partial charge in [0.15, 0.2) is 4.34 Å². The van der Waals surface area contributed by atoms with E-state index in [9.17, 15) is 9.59 Å². The number of amides is 2. The van der Waals surface area contributed by atoms with Crippen molar-refractivity contribution in [3.05, 3.63) is 66.2 Å². The third kappa shape index (κ3) is 7.02. The van der Waals surface area contributed by atoms with E-state index in [4.69, 9.17) is 4.74 Å². The number of nitrogens with zero attached hydrogens (tertiary/aromatic N) is 2. The van der Waals surface area contributed by atoms with Crippen LogP contribution in [0, 0.1) is 0 Å². The number of nitrogens with one attached hydrogen (secondary N) is 2. The topological polar surface area (TPSA) is 93.2 Å². The van der Waals surface area contributed by atoms with Gasteiger partial charge in [-0.05, 0) is 42.8 Å². The first-order valence-electron chi connectivity index (χ1n) is 9.15. The Hall–Kier alpha value is -3.17. The summed E-state index contributed by atoms with van der Waals surface area (Å²) >= 11 is 2.47. The van der Waals surface area contributed by atoms with Gasteiger partial charge < -0.3 is 10.1 Å². The molecule has 0 saturated heterocycles. The molecule has 0 unspecified atom stereocenters. The van der Waals surface area contributed by atoms with Crippen molar-refractivity contribution in [1.82, 2.24) is 10.2 Å². The van der Waals surface area contributed by atoms with Gasteiger partial charge in [0.1, 0.15) is 5.75 Å². The summed E-state index contributed by atoms with van der Waals surface area (Å²) in [7, 11) is 0. The lowest BCUT2D eigenvalue weighted by atomic mass is 10.2. The molecule has 0 bridgehead atoms. The molecule has 2 N–H and O–H groups in total. The minimum atomic E-state index is -0.292.